The van der Waals surface area contributed by atoms with Crippen molar-refractivity contribution in [2.45, 2.75) is 26.1 Å². The van der Waals surface area contributed by atoms with Gasteiger partial charge >= 0.3 is 5.97 Å². The molecule has 0 bridgehead atoms. The van der Waals surface area contributed by atoms with Crippen molar-refractivity contribution in [3.8, 4) is 0 Å². The maximum atomic E-state index is 12.1. The van der Waals surface area contributed by atoms with Crippen LogP contribution in [0.3, 0.4) is 0 Å². The topological polar surface area (TPSA) is 79.3 Å². The van der Waals surface area contributed by atoms with Crippen LogP contribution in [0.15, 0.2) is 4.99 Å². The highest BCUT2D eigenvalue weighted by Gasteiger charge is 2.46. The van der Waals surface area contributed by atoms with E-state index in [1.54, 1.807) is 4.90 Å². The minimum atomic E-state index is -0.885. The number of likely N-dealkylation sites (N-methyl/N-ethyl adjacent to an activating group) is 1. The molecule has 8 heteroatoms. The molecule has 0 spiro atoms. The molecular formula is C11H15N3O4S. The molecule has 7 nitrogen and oxygen atoms in total. The first-order valence-electron chi connectivity index (χ1n) is 5.84. The highest BCUT2D eigenvalue weighted by molar-refractivity contribution is 8.14. The Morgan fingerprint density at radius 1 is 1.47 bits per heavy atom. The average molecular weight is 285 g/mol. The maximum Gasteiger partial charge on any atom is 0.304 e. The molecule has 2 unspecified atom stereocenters. The van der Waals surface area contributed by atoms with E-state index < -0.39 is 24.1 Å². The first-order valence-corrected chi connectivity index (χ1v) is 6.83. The average Bonchev–Trinajstić information content (AvgIpc) is 2.75. The summed E-state index contributed by atoms with van der Waals surface area (Å²) in [5.41, 5.74) is 0. The number of hydrogen-bond donors (Lipinski definition) is 0. The maximum absolute atomic E-state index is 12.1. The van der Waals surface area contributed by atoms with Gasteiger partial charge in [0.1, 0.15) is 0 Å². The summed E-state index contributed by atoms with van der Waals surface area (Å²) in [4.78, 5) is 41.8. The summed E-state index contributed by atoms with van der Waals surface area (Å²) in [6.45, 7) is 3.27. The lowest BCUT2D eigenvalue weighted by Crippen LogP contribution is -2.60. The highest BCUT2D eigenvalue weighted by atomic mass is 32.2. The number of rotatable bonds is 2. The normalized spacial score (nSPS) is 25.7. The molecule has 2 aliphatic heterocycles. The Kier molecular flexibility index (Phi) is 3.79. The molecule has 1 saturated heterocycles. The standard InChI is InChI=1S/C11H15N3O4S/c1-6(15)13(3)8-9(17)12-11-14(4-5-19-11)10(8)18-7(2)16/h8,10H,4-5H2,1-3H3. The van der Waals surface area contributed by atoms with Crippen molar-refractivity contribution in [3.05, 3.63) is 0 Å². The number of fused-ring (bicyclic) bond motifs is 1. The van der Waals surface area contributed by atoms with Crippen molar-refractivity contribution in [1.82, 2.24) is 9.80 Å². The predicted molar refractivity (Wildman–Crippen MR) is 69.4 cm³/mol. The van der Waals surface area contributed by atoms with Crippen LogP contribution in [0.25, 0.3) is 0 Å². The van der Waals surface area contributed by atoms with Crippen LogP contribution in [0.1, 0.15) is 13.8 Å². The van der Waals surface area contributed by atoms with Crippen LogP contribution in [-0.4, -0.2) is 64.4 Å². The fourth-order valence-corrected chi connectivity index (χ4v) is 3.04. The zero-order chi connectivity index (χ0) is 14.2. The van der Waals surface area contributed by atoms with Crippen molar-refractivity contribution in [3.63, 3.8) is 0 Å². The van der Waals surface area contributed by atoms with Gasteiger partial charge in [0.05, 0.1) is 0 Å². The van der Waals surface area contributed by atoms with Gasteiger partial charge in [0, 0.05) is 33.2 Å². The largest absolute Gasteiger partial charge is 0.439 e. The summed E-state index contributed by atoms with van der Waals surface area (Å²) in [6, 6.07) is -0.885. The molecule has 0 radical (unpaired) electrons. The summed E-state index contributed by atoms with van der Waals surface area (Å²) in [5.74, 6) is -0.441. The molecule has 2 aliphatic rings. The number of aliphatic imine (C=N–C) groups is 1. The van der Waals surface area contributed by atoms with Crippen LogP contribution in [0.5, 0.6) is 0 Å². The van der Waals surface area contributed by atoms with Crippen molar-refractivity contribution in [2.24, 2.45) is 4.99 Å². The first-order chi connectivity index (χ1) is 8.91. The van der Waals surface area contributed by atoms with Crippen molar-refractivity contribution in [1.29, 1.82) is 0 Å². The van der Waals surface area contributed by atoms with Gasteiger partial charge in [-0.1, -0.05) is 11.8 Å². The number of ether oxygens (including phenoxy) is 1. The zero-order valence-corrected chi connectivity index (χ0v) is 11.8. The minimum Gasteiger partial charge on any atom is -0.439 e. The molecule has 0 aromatic carbocycles. The summed E-state index contributed by atoms with van der Waals surface area (Å²) in [6.07, 6.45) is -0.790. The summed E-state index contributed by atoms with van der Waals surface area (Å²) in [7, 11) is 1.51. The Bertz CT molecular complexity index is 465. The molecule has 2 rings (SSSR count). The van der Waals surface area contributed by atoms with E-state index in [0.29, 0.717) is 11.7 Å². The van der Waals surface area contributed by atoms with Crippen LogP contribution in [0, 0.1) is 0 Å². The molecule has 0 saturated carbocycles. The number of carbonyl (C=O) groups excluding carboxylic acids is 3. The molecule has 104 valence electrons. The number of thioether (sulfide) groups is 1. The van der Waals surface area contributed by atoms with E-state index in [4.69, 9.17) is 4.74 Å². The second-order valence-electron chi connectivity index (χ2n) is 4.35. The van der Waals surface area contributed by atoms with Gasteiger partial charge in [-0.15, -0.1) is 0 Å². The van der Waals surface area contributed by atoms with E-state index in [1.807, 2.05) is 0 Å². The van der Waals surface area contributed by atoms with E-state index in [9.17, 15) is 14.4 Å². The molecule has 0 aromatic rings. The molecule has 2 atom stereocenters. The highest BCUT2D eigenvalue weighted by Crippen LogP contribution is 2.28. The first kappa shape index (κ1) is 13.9. The predicted octanol–water partition coefficient (Wildman–Crippen LogP) is -0.333. The summed E-state index contributed by atoms with van der Waals surface area (Å²) in [5, 5.41) is 0.560. The van der Waals surface area contributed by atoms with Gasteiger partial charge in [-0.25, -0.2) is 0 Å². The number of nitrogens with zero attached hydrogens (tertiary/aromatic N) is 3. The Balaban J connectivity index is 2.35. The molecule has 2 heterocycles. The van der Waals surface area contributed by atoms with Crippen LogP contribution in [0.2, 0.25) is 0 Å². The smallest absolute Gasteiger partial charge is 0.304 e. The van der Waals surface area contributed by atoms with Crippen LogP contribution in [-0.2, 0) is 19.1 Å². The fourth-order valence-electron chi connectivity index (χ4n) is 2.05. The van der Waals surface area contributed by atoms with Gasteiger partial charge in [0.25, 0.3) is 5.91 Å². The van der Waals surface area contributed by atoms with Crippen molar-refractivity contribution in [2.75, 3.05) is 19.3 Å². The van der Waals surface area contributed by atoms with Crippen molar-refractivity contribution < 1.29 is 19.1 Å². The molecular weight excluding hydrogens is 270 g/mol. The molecule has 2 amide bonds. The molecule has 0 N–H and O–H groups in total. The number of hydrogen-bond acceptors (Lipinski definition) is 6. The van der Waals surface area contributed by atoms with Crippen molar-refractivity contribution >= 4 is 34.7 Å². The molecule has 19 heavy (non-hydrogen) atoms. The van der Waals surface area contributed by atoms with E-state index >= 15 is 0 Å². The van der Waals surface area contributed by atoms with E-state index in [-0.39, 0.29) is 5.91 Å². The third-order valence-corrected chi connectivity index (χ3v) is 4.02. The van der Waals surface area contributed by atoms with Gasteiger partial charge in [-0.2, -0.15) is 4.99 Å². The third-order valence-electron chi connectivity index (χ3n) is 3.05. The lowest BCUT2D eigenvalue weighted by molar-refractivity contribution is -0.165. The molecule has 1 fully saturated rings. The van der Waals surface area contributed by atoms with Crippen LogP contribution < -0.4 is 0 Å². The summed E-state index contributed by atoms with van der Waals surface area (Å²) < 4.78 is 5.24. The zero-order valence-electron chi connectivity index (χ0n) is 11.0. The van der Waals surface area contributed by atoms with Gasteiger partial charge in [0.2, 0.25) is 12.1 Å². The second-order valence-corrected chi connectivity index (χ2v) is 5.41. The van der Waals surface area contributed by atoms with Gasteiger partial charge in [-0.05, 0) is 0 Å². The van der Waals surface area contributed by atoms with Crippen LogP contribution in [0.4, 0.5) is 0 Å². The number of esters is 1. The minimum absolute atomic E-state index is 0.277. The number of amidine groups is 1. The fraction of sp³-hybridized carbons (Fsp3) is 0.636. The Labute approximate surface area is 115 Å². The van der Waals surface area contributed by atoms with E-state index in [0.717, 1.165) is 5.75 Å². The number of carbonyl (C=O) groups is 3. The monoisotopic (exact) mass is 285 g/mol. The molecule has 0 aliphatic carbocycles. The molecule has 0 aromatic heterocycles. The lowest BCUT2D eigenvalue weighted by Gasteiger charge is -2.39. The lowest BCUT2D eigenvalue weighted by atomic mass is 10.1. The van der Waals surface area contributed by atoms with E-state index in [2.05, 4.69) is 4.99 Å². The summed E-state index contributed by atoms with van der Waals surface area (Å²) >= 11 is 1.44. The second kappa shape index (κ2) is 5.20. The Morgan fingerprint density at radius 2 is 2.16 bits per heavy atom. The van der Waals surface area contributed by atoms with E-state index in [1.165, 1.54) is 37.6 Å². The third kappa shape index (κ3) is 2.58. The SMILES string of the molecule is CC(=O)OC1C(N(C)C(C)=O)C(=O)N=C2SCCN21. The Hall–Kier alpha value is -1.57. The van der Waals surface area contributed by atoms with Gasteiger partial charge in [-0.3, -0.25) is 14.4 Å². The van der Waals surface area contributed by atoms with Gasteiger partial charge < -0.3 is 14.5 Å². The number of amides is 2. The van der Waals surface area contributed by atoms with Crippen LogP contribution >= 0.6 is 11.8 Å². The Morgan fingerprint density at radius 3 is 2.74 bits per heavy atom. The quantitative estimate of drug-likeness (QED) is 0.646. The van der Waals surface area contributed by atoms with Gasteiger partial charge in [0.15, 0.2) is 11.2 Å².